The second kappa shape index (κ2) is 7.95. The Bertz CT molecular complexity index is 1010. The van der Waals surface area contributed by atoms with Gasteiger partial charge in [0.05, 0.1) is 17.7 Å². The van der Waals surface area contributed by atoms with E-state index >= 15 is 0 Å². The van der Waals surface area contributed by atoms with Gasteiger partial charge in [-0.05, 0) is 81.1 Å². The lowest BCUT2D eigenvalue weighted by atomic mass is 9.88. The summed E-state index contributed by atoms with van der Waals surface area (Å²) < 4.78 is 29.4. The van der Waals surface area contributed by atoms with Crippen LogP contribution in [0.3, 0.4) is 0 Å². The van der Waals surface area contributed by atoms with Gasteiger partial charge in [0.2, 0.25) is 0 Å². The maximum Gasteiger partial charge on any atom is 0.327 e. The molecule has 0 aromatic heterocycles. The number of allylic oxidation sites excluding steroid dienone is 2. The lowest BCUT2D eigenvalue weighted by Gasteiger charge is -2.22. The third-order valence-electron chi connectivity index (χ3n) is 5.73. The number of sulfone groups is 1. The average Bonchev–Trinajstić information content (AvgIpc) is 3.45. The molecule has 1 aliphatic carbocycles. The molecule has 164 valence electrons. The summed E-state index contributed by atoms with van der Waals surface area (Å²) in [6.07, 6.45) is 7.47. The second-order valence-electron chi connectivity index (χ2n) is 10.3. The molecule has 0 atom stereocenters. The van der Waals surface area contributed by atoms with Crippen LogP contribution in [0.25, 0.3) is 0 Å². The molecular weight excluding hydrogens is 398 g/mol. The molecule has 1 aromatic carbocycles. The number of carbonyl (C=O) groups is 1. The number of ether oxygens (including phenoxy) is 1. The van der Waals surface area contributed by atoms with E-state index in [2.05, 4.69) is 26.8 Å². The lowest BCUT2D eigenvalue weighted by molar-refractivity contribution is -0.142. The standard InChI is InChI=1S/C24H33NO4S/c1-23(2,3)15-19-13-17(11-16-7-8-16)12-18-9-10-20(14-21(18)25-19)30(27,28)24(4,5)22(26)29-6/h9-10,13-14,16H,7-8,11-12,15H2,1-6H3. The van der Waals surface area contributed by atoms with Gasteiger partial charge in [-0.2, -0.15) is 0 Å². The monoisotopic (exact) mass is 431 g/mol. The minimum atomic E-state index is -3.93. The topological polar surface area (TPSA) is 72.8 Å². The highest BCUT2D eigenvalue weighted by Gasteiger charge is 2.44. The van der Waals surface area contributed by atoms with Crippen molar-refractivity contribution in [2.24, 2.45) is 16.3 Å². The summed E-state index contributed by atoms with van der Waals surface area (Å²) in [5.74, 6) is -0.00283. The Labute approximate surface area is 180 Å². The number of benzene rings is 1. The van der Waals surface area contributed by atoms with Gasteiger partial charge in [0.1, 0.15) is 0 Å². The van der Waals surface area contributed by atoms with Gasteiger partial charge in [0.15, 0.2) is 14.6 Å². The second-order valence-corrected chi connectivity index (χ2v) is 12.8. The number of aliphatic imine (C=N–C) groups is 1. The van der Waals surface area contributed by atoms with Crippen molar-refractivity contribution in [1.29, 1.82) is 0 Å². The zero-order chi connectivity index (χ0) is 22.3. The van der Waals surface area contributed by atoms with Gasteiger partial charge in [-0.25, -0.2) is 8.42 Å². The van der Waals surface area contributed by atoms with Gasteiger partial charge in [-0.1, -0.05) is 32.4 Å². The summed E-state index contributed by atoms with van der Waals surface area (Å²) in [4.78, 5) is 17.1. The molecule has 1 saturated carbocycles. The normalized spacial score (nSPS) is 17.5. The Balaban J connectivity index is 2.04. The molecule has 1 fully saturated rings. The maximum absolute atomic E-state index is 13.2. The molecule has 30 heavy (non-hydrogen) atoms. The fraction of sp³-hybridized carbons (Fsp3) is 0.583. The highest BCUT2D eigenvalue weighted by atomic mass is 32.2. The van der Waals surface area contributed by atoms with E-state index in [4.69, 9.17) is 9.73 Å². The number of nitrogens with zero attached hydrogens (tertiary/aromatic N) is 1. The van der Waals surface area contributed by atoms with E-state index in [0.717, 1.165) is 36.5 Å². The van der Waals surface area contributed by atoms with Gasteiger partial charge in [0.25, 0.3) is 0 Å². The molecule has 2 aliphatic rings. The SMILES string of the molecule is COC(=O)C(C)(C)S(=O)(=O)c1ccc2c(c1)N=C(CC(C)(C)C)C=C(CC1CC1)C2. The smallest absolute Gasteiger partial charge is 0.327 e. The van der Waals surface area contributed by atoms with E-state index < -0.39 is 20.6 Å². The summed E-state index contributed by atoms with van der Waals surface area (Å²) in [5.41, 5.74) is 4.13. The average molecular weight is 432 g/mol. The minimum absolute atomic E-state index is 0.0705. The van der Waals surface area contributed by atoms with Crippen LogP contribution in [-0.4, -0.2) is 32.0 Å². The number of carbonyl (C=O) groups excluding carboxylic acids is 1. The summed E-state index contributed by atoms with van der Waals surface area (Å²) in [7, 11) is -2.73. The highest BCUT2D eigenvalue weighted by molar-refractivity contribution is 7.93. The van der Waals surface area contributed by atoms with Crippen molar-refractivity contribution in [3.05, 3.63) is 35.4 Å². The predicted molar refractivity (Wildman–Crippen MR) is 120 cm³/mol. The first-order chi connectivity index (χ1) is 13.8. The Morgan fingerprint density at radius 3 is 2.40 bits per heavy atom. The number of methoxy groups -OCH3 is 1. The first kappa shape index (κ1) is 22.7. The van der Waals surface area contributed by atoms with E-state index in [-0.39, 0.29) is 10.3 Å². The first-order valence-electron chi connectivity index (χ1n) is 10.6. The summed E-state index contributed by atoms with van der Waals surface area (Å²) >= 11 is 0. The van der Waals surface area contributed by atoms with Crippen molar-refractivity contribution >= 4 is 27.2 Å². The molecule has 0 saturated heterocycles. The summed E-state index contributed by atoms with van der Waals surface area (Å²) in [6, 6.07) is 5.06. The van der Waals surface area contributed by atoms with Crippen molar-refractivity contribution in [3.8, 4) is 0 Å². The van der Waals surface area contributed by atoms with Crippen LogP contribution in [0.15, 0.2) is 39.7 Å². The van der Waals surface area contributed by atoms with Crippen molar-refractivity contribution in [2.75, 3.05) is 7.11 Å². The van der Waals surface area contributed by atoms with Crippen LogP contribution in [0.5, 0.6) is 0 Å². The van der Waals surface area contributed by atoms with Gasteiger partial charge < -0.3 is 4.74 Å². The molecule has 6 heteroatoms. The van der Waals surface area contributed by atoms with Crippen molar-refractivity contribution in [2.45, 2.75) is 76.4 Å². The Hall–Kier alpha value is -1.95. The van der Waals surface area contributed by atoms with Crippen LogP contribution < -0.4 is 0 Å². The van der Waals surface area contributed by atoms with Gasteiger partial charge in [-0.3, -0.25) is 9.79 Å². The minimum Gasteiger partial charge on any atom is -0.468 e. The molecule has 0 spiro atoms. The van der Waals surface area contributed by atoms with E-state index in [9.17, 15) is 13.2 Å². The van der Waals surface area contributed by atoms with Gasteiger partial charge in [-0.15, -0.1) is 0 Å². The van der Waals surface area contributed by atoms with E-state index in [1.807, 2.05) is 6.07 Å². The molecule has 1 aromatic rings. The quantitative estimate of drug-likeness (QED) is 0.580. The molecule has 0 radical (unpaired) electrons. The van der Waals surface area contributed by atoms with Gasteiger partial charge in [0, 0.05) is 5.71 Å². The summed E-state index contributed by atoms with van der Waals surface area (Å²) in [5, 5.41) is 0. The van der Waals surface area contributed by atoms with E-state index in [1.165, 1.54) is 39.4 Å². The Morgan fingerprint density at radius 1 is 1.17 bits per heavy atom. The third kappa shape index (κ3) is 4.85. The Kier molecular flexibility index (Phi) is 6.02. The molecule has 0 amide bonds. The Morgan fingerprint density at radius 2 is 1.83 bits per heavy atom. The predicted octanol–water partition coefficient (Wildman–Crippen LogP) is 5.20. The van der Waals surface area contributed by atoms with Crippen molar-refractivity contribution < 1.29 is 17.9 Å². The fourth-order valence-electron chi connectivity index (χ4n) is 3.79. The molecule has 5 nitrogen and oxygen atoms in total. The lowest BCUT2D eigenvalue weighted by Crippen LogP contribution is -2.41. The van der Waals surface area contributed by atoms with Crippen LogP contribution in [0.1, 0.15) is 65.9 Å². The van der Waals surface area contributed by atoms with Crippen LogP contribution in [-0.2, 0) is 25.8 Å². The molecule has 0 N–H and O–H groups in total. The zero-order valence-corrected chi connectivity index (χ0v) is 19.7. The van der Waals surface area contributed by atoms with Gasteiger partial charge >= 0.3 is 5.97 Å². The fourth-order valence-corrected chi connectivity index (χ4v) is 5.20. The van der Waals surface area contributed by atoms with Crippen LogP contribution in [0.4, 0.5) is 5.69 Å². The van der Waals surface area contributed by atoms with Crippen molar-refractivity contribution in [3.63, 3.8) is 0 Å². The summed E-state index contributed by atoms with van der Waals surface area (Å²) in [6.45, 7) is 9.29. The number of rotatable bonds is 6. The number of fused-ring (bicyclic) bond motifs is 1. The third-order valence-corrected chi connectivity index (χ3v) is 8.11. The molecule has 1 aliphatic heterocycles. The zero-order valence-electron chi connectivity index (χ0n) is 18.9. The van der Waals surface area contributed by atoms with Crippen LogP contribution in [0, 0.1) is 11.3 Å². The molecule has 3 rings (SSSR count). The van der Waals surface area contributed by atoms with E-state index in [1.54, 1.807) is 12.1 Å². The van der Waals surface area contributed by atoms with E-state index in [0.29, 0.717) is 5.69 Å². The maximum atomic E-state index is 13.2. The van der Waals surface area contributed by atoms with Crippen LogP contribution >= 0.6 is 0 Å². The number of hydrogen-bond acceptors (Lipinski definition) is 5. The van der Waals surface area contributed by atoms with Crippen LogP contribution in [0.2, 0.25) is 0 Å². The molecule has 0 unspecified atom stereocenters. The first-order valence-corrected chi connectivity index (χ1v) is 12.0. The highest BCUT2D eigenvalue weighted by Crippen LogP contribution is 2.39. The number of esters is 1. The molecule has 0 bridgehead atoms. The molecular formula is C24H33NO4S. The molecule has 1 heterocycles. The number of hydrogen-bond donors (Lipinski definition) is 0. The largest absolute Gasteiger partial charge is 0.468 e. The van der Waals surface area contributed by atoms with Crippen molar-refractivity contribution in [1.82, 2.24) is 0 Å².